The van der Waals surface area contributed by atoms with E-state index >= 15 is 0 Å². The number of rotatable bonds is 13. The summed E-state index contributed by atoms with van der Waals surface area (Å²) in [6.07, 6.45) is 4.02. The van der Waals surface area contributed by atoms with Gasteiger partial charge in [-0.15, -0.1) is 0 Å². The molecule has 0 aliphatic rings. The van der Waals surface area contributed by atoms with Crippen LogP contribution in [0.2, 0.25) is 0 Å². The topological polar surface area (TPSA) is 95.5 Å². The van der Waals surface area contributed by atoms with Gasteiger partial charge in [-0.1, -0.05) is 19.6 Å². The normalized spacial score (nSPS) is 10.5. The van der Waals surface area contributed by atoms with E-state index in [4.69, 9.17) is 18.9 Å². The van der Waals surface area contributed by atoms with Gasteiger partial charge in [0.1, 0.15) is 18.1 Å². The van der Waals surface area contributed by atoms with Crippen LogP contribution in [-0.2, 0) is 0 Å². The molecule has 1 amide bonds. The van der Waals surface area contributed by atoms with E-state index < -0.39 is 5.97 Å². The Morgan fingerprint density at radius 3 is 2.19 bits per heavy atom. The Morgan fingerprint density at radius 1 is 0.865 bits per heavy atom. The molecule has 8 nitrogen and oxygen atoms in total. The largest absolute Gasteiger partial charge is 0.494 e. The Balaban J connectivity index is 1.62. The maximum atomic E-state index is 12.6. The van der Waals surface area contributed by atoms with Gasteiger partial charge in [0.05, 0.1) is 25.0 Å². The Morgan fingerprint density at radius 2 is 1.54 bits per heavy atom. The predicted octanol–water partition coefficient (Wildman–Crippen LogP) is 5.42. The van der Waals surface area contributed by atoms with Gasteiger partial charge in [-0.2, -0.15) is 5.10 Å². The van der Waals surface area contributed by atoms with Gasteiger partial charge in [-0.05, 0) is 85.6 Å². The van der Waals surface area contributed by atoms with Gasteiger partial charge in [0.15, 0.2) is 11.5 Å². The maximum Gasteiger partial charge on any atom is 0.343 e. The summed E-state index contributed by atoms with van der Waals surface area (Å²) in [4.78, 5) is 25.0. The van der Waals surface area contributed by atoms with Crippen LogP contribution >= 0.6 is 0 Å². The predicted molar refractivity (Wildman–Crippen MR) is 142 cm³/mol. The van der Waals surface area contributed by atoms with E-state index in [1.165, 1.54) is 6.21 Å². The van der Waals surface area contributed by atoms with Crippen LogP contribution in [0.25, 0.3) is 0 Å². The molecule has 192 valence electrons. The summed E-state index contributed by atoms with van der Waals surface area (Å²) in [6, 6.07) is 18.4. The SMILES string of the molecule is C=CCOc1ccc(C(=O)N/N=C\c2ccc(OC(=O)c3ccc(OCCC)cc3)c(OCC)c2)cc1. The van der Waals surface area contributed by atoms with E-state index in [2.05, 4.69) is 17.1 Å². The molecule has 0 heterocycles. The highest BCUT2D eigenvalue weighted by atomic mass is 16.6. The molecular formula is C29H30N2O6. The van der Waals surface area contributed by atoms with Gasteiger partial charge in [0, 0.05) is 5.56 Å². The third-order valence-electron chi connectivity index (χ3n) is 4.90. The highest BCUT2D eigenvalue weighted by Crippen LogP contribution is 2.29. The molecule has 0 bridgehead atoms. The number of nitrogens with zero attached hydrogens (tertiary/aromatic N) is 1. The van der Waals surface area contributed by atoms with Gasteiger partial charge in [-0.25, -0.2) is 10.2 Å². The first-order valence-electron chi connectivity index (χ1n) is 11.9. The number of carbonyl (C=O) groups is 2. The van der Waals surface area contributed by atoms with Crippen LogP contribution in [0.4, 0.5) is 0 Å². The van der Waals surface area contributed by atoms with Gasteiger partial charge in [0.25, 0.3) is 5.91 Å². The summed E-state index contributed by atoms with van der Waals surface area (Å²) in [5.41, 5.74) is 3.96. The lowest BCUT2D eigenvalue weighted by Gasteiger charge is -2.12. The first-order valence-corrected chi connectivity index (χ1v) is 11.9. The van der Waals surface area contributed by atoms with Crippen molar-refractivity contribution in [3.05, 3.63) is 96.1 Å². The van der Waals surface area contributed by atoms with E-state index in [9.17, 15) is 9.59 Å². The van der Waals surface area contributed by atoms with Crippen LogP contribution in [-0.4, -0.2) is 37.9 Å². The molecule has 3 aromatic carbocycles. The molecule has 0 spiro atoms. The second-order valence-corrected chi connectivity index (χ2v) is 7.72. The molecule has 0 aliphatic heterocycles. The molecule has 0 unspecified atom stereocenters. The number of carbonyl (C=O) groups excluding carboxylic acids is 2. The molecule has 8 heteroatoms. The zero-order valence-corrected chi connectivity index (χ0v) is 20.9. The number of hydrogen-bond acceptors (Lipinski definition) is 7. The van der Waals surface area contributed by atoms with Crippen molar-refractivity contribution in [1.82, 2.24) is 5.43 Å². The number of amides is 1. The lowest BCUT2D eigenvalue weighted by atomic mass is 10.2. The Bertz CT molecular complexity index is 1220. The average molecular weight is 503 g/mol. The molecule has 0 saturated carbocycles. The van der Waals surface area contributed by atoms with Gasteiger partial charge < -0.3 is 18.9 Å². The summed E-state index contributed by atoms with van der Waals surface area (Å²) < 4.78 is 22.2. The van der Waals surface area contributed by atoms with Crippen molar-refractivity contribution in [3.63, 3.8) is 0 Å². The average Bonchev–Trinajstić information content (AvgIpc) is 2.92. The van der Waals surface area contributed by atoms with Gasteiger partial charge in [-0.3, -0.25) is 4.79 Å². The van der Waals surface area contributed by atoms with E-state index in [1.54, 1.807) is 72.8 Å². The second kappa shape index (κ2) is 14.1. The fourth-order valence-electron chi connectivity index (χ4n) is 3.11. The first-order chi connectivity index (χ1) is 18.0. The van der Waals surface area contributed by atoms with E-state index in [0.717, 1.165) is 6.42 Å². The molecule has 0 fully saturated rings. The summed E-state index contributed by atoms with van der Waals surface area (Å²) in [6.45, 7) is 8.82. The fourth-order valence-corrected chi connectivity index (χ4v) is 3.11. The molecular weight excluding hydrogens is 472 g/mol. The Kier molecular flexibility index (Phi) is 10.3. The molecule has 1 N–H and O–H groups in total. The number of hydrogen-bond donors (Lipinski definition) is 1. The summed E-state index contributed by atoms with van der Waals surface area (Å²) in [7, 11) is 0. The second-order valence-electron chi connectivity index (χ2n) is 7.72. The lowest BCUT2D eigenvalue weighted by Crippen LogP contribution is -2.17. The van der Waals surface area contributed by atoms with Gasteiger partial charge in [0.2, 0.25) is 0 Å². The monoisotopic (exact) mass is 502 g/mol. The number of ether oxygens (including phenoxy) is 4. The van der Waals surface area contributed by atoms with Crippen LogP contribution in [0.1, 0.15) is 46.5 Å². The number of benzene rings is 3. The Hall–Kier alpha value is -4.59. The van der Waals surface area contributed by atoms with Crippen molar-refractivity contribution in [2.45, 2.75) is 20.3 Å². The van der Waals surface area contributed by atoms with Crippen molar-refractivity contribution in [1.29, 1.82) is 0 Å². The summed E-state index contributed by atoms with van der Waals surface area (Å²) >= 11 is 0. The molecule has 0 saturated heterocycles. The molecule has 0 aliphatic carbocycles. The number of esters is 1. The number of nitrogens with one attached hydrogen (secondary N) is 1. The minimum absolute atomic E-state index is 0.276. The summed E-state index contributed by atoms with van der Waals surface area (Å²) in [5.74, 6) is 1.11. The number of hydrazone groups is 1. The maximum absolute atomic E-state index is 12.6. The van der Waals surface area contributed by atoms with Crippen LogP contribution in [0.15, 0.2) is 84.5 Å². The Labute approximate surface area is 216 Å². The summed E-state index contributed by atoms with van der Waals surface area (Å²) in [5, 5.41) is 4.01. The molecule has 0 atom stereocenters. The molecule has 0 aromatic heterocycles. The lowest BCUT2D eigenvalue weighted by molar-refractivity contribution is 0.0728. The van der Waals surface area contributed by atoms with E-state index in [0.29, 0.717) is 53.8 Å². The van der Waals surface area contributed by atoms with Crippen molar-refractivity contribution < 1.29 is 28.5 Å². The first kappa shape index (κ1) is 27.0. The van der Waals surface area contributed by atoms with Crippen molar-refractivity contribution in [2.24, 2.45) is 5.10 Å². The highest BCUT2D eigenvalue weighted by molar-refractivity contribution is 5.95. The fraction of sp³-hybridized carbons (Fsp3) is 0.207. The standard InChI is InChI=1S/C29H30N2O6/c1-4-17-35-24-12-8-22(9-13-24)28(32)31-30-20-21-7-16-26(27(19-21)34-6-3)37-29(33)23-10-14-25(15-11-23)36-18-5-2/h4,7-16,19-20H,1,5-6,17-18H2,2-3H3,(H,31,32)/b30-20-. The van der Waals surface area contributed by atoms with Gasteiger partial charge >= 0.3 is 5.97 Å². The smallest absolute Gasteiger partial charge is 0.343 e. The zero-order chi connectivity index (χ0) is 26.5. The molecule has 3 aromatic rings. The van der Waals surface area contributed by atoms with Crippen LogP contribution in [0.3, 0.4) is 0 Å². The van der Waals surface area contributed by atoms with Crippen LogP contribution in [0.5, 0.6) is 23.0 Å². The zero-order valence-electron chi connectivity index (χ0n) is 20.9. The van der Waals surface area contributed by atoms with Crippen molar-refractivity contribution in [3.8, 4) is 23.0 Å². The minimum Gasteiger partial charge on any atom is -0.494 e. The van der Waals surface area contributed by atoms with E-state index in [1.807, 2.05) is 13.8 Å². The molecule has 0 radical (unpaired) electrons. The van der Waals surface area contributed by atoms with Crippen LogP contribution in [0, 0.1) is 0 Å². The highest BCUT2D eigenvalue weighted by Gasteiger charge is 2.14. The third kappa shape index (κ3) is 8.24. The molecule has 37 heavy (non-hydrogen) atoms. The van der Waals surface area contributed by atoms with Crippen LogP contribution < -0.4 is 24.4 Å². The quantitative estimate of drug-likeness (QED) is 0.110. The van der Waals surface area contributed by atoms with E-state index in [-0.39, 0.29) is 11.7 Å². The molecule has 3 rings (SSSR count). The van der Waals surface area contributed by atoms with Crippen molar-refractivity contribution in [2.75, 3.05) is 19.8 Å². The third-order valence-corrected chi connectivity index (χ3v) is 4.90. The minimum atomic E-state index is -0.516. The van der Waals surface area contributed by atoms with Crippen molar-refractivity contribution >= 4 is 18.1 Å².